The molecule has 1 unspecified atom stereocenters. The summed E-state index contributed by atoms with van der Waals surface area (Å²) in [5.41, 5.74) is 4.23. The van der Waals surface area contributed by atoms with Crippen molar-refractivity contribution in [1.29, 1.82) is 0 Å². The second-order valence-electron chi connectivity index (χ2n) is 4.96. The van der Waals surface area contributed by atoms with E-state index in [-0.39, 0.29) is 11.0 Å². The van der Waals surface area contributed by atoms with Gasteiger partial charge in [0.25, 0.3) is 0 Å². The second-order valence-corrected chi connectivity index (χ2v) is 7.73. The topological polar surface area (TPSA) is 42.9 Å². The maximum Gasteiger partial charge on any atom is 0.176 e. The summed E-state index contributed by atoms with van der Waals surface area (Å²) in [5, 5.41) is 8.82. The largest absolute Gasteiger partial charge is 0.293 e. The first-order valence-corrected chi connectivity index (χ1v) is 8.17. The van der Waals surface area contributed by atoms with Crippen LogP contribution in [0.4, 0.5) is 0 Å². The maximum absolute atomic E-state index is 12.6. The van der Waals surface area contributed by atoms with Gasteiger partial charge in [0, 0.05) is 5.56 Å². The number of benzene rings is 1. The molecule has 2 rings (SSSR count). The number of rotatable bonds is 4. The van der Waals surface area contributed by atoms with E-state index in [4.69, 9.17) is 0 Å². The molecule has 20 heavy (non-hydrogen) atoms. The third-order valence-electron chi connectivity index (χ3n) is 3.26. The van der Waals surface area contributed by atoms with Crippen LogP contribution in [0.25, 0.3) is 0 Å². The van der Waals surface area contributed by atoms with Crippen LogP contribution in [0.3, 0.4) is 0 Å². The molecule has 3 nitrogen and oxygen atoms in total. The lowest BCUT2D eigenvalue weighted by molar-refractivity contribution is 0.0993. The molecule has 0 aliphatic carbocycles. The molecule has 0 spiro atoms. The van der Waals surface area contributed by atoms with Crippen LogP contribution in [0, 0.1) is 27.7 Å². The molecule has 106 valence electrons. The molecular weight excluding hydrogens is 288 g/mol. The zero-order valence-electron chi connectivity index (χ0n) is 12.4. The van der Waals surface area contributed by atoms with Crippen molar-refractivity contribution < 1.29 is 4.79 Å². The number of ketones is 1. The van der Waals surface area contributed by atoms with Gasteiger partial charge in [-0.25, -0.2) is 0 Å². The van der Waals surface area contributed by atoms with Crippen LogP contribution in [0.2, 0.25) is 0 Å². The van der Waals surface area contributed by atoms with Crippen molar-refractivity contribution in [3.05, 3.63) is 39.4 Å². The van der Waals surface area contributed by atoms with Crippen molar-refractivity contribution >= 4 is 28.9 Å². The lowest BCUT2D eigenvalue weighted by Crippen LogP contribution is -2.15. The summed E-state index contributed by atoms with van der Waals surface area (Å²) >= 11 is 3.01. The fourth-order valence-electron chi connectivity index (χ4n) is 1.98. The predicted molar refractivity (Wildman–Crippen MR) is 84.9 cm³/mol. The number of nitrogens with zero attached hydrogens (tertiary/aromatic N) is 2. The Morgan fingerprint density at radius 2 is 1.75 bits per heavy atom. The zero-order chi connectivity index (χ0) is 14.9. The molecule has 0 N–H and O–H groups in total. The Hall–Kier alpha value is -1.20. The molecule has 1 aromatic heterocycles. The van der Waals surface area contributed by atoms with E-state index in [1.165, 1.54) is 28.7 Å². The molecule has 0 saturated carbocycles. The van der Waals surface area contributed by atoms with Crippen LogP contribution in [-0.2, 0) is 0 Å². The molecule has 0 radical (unpaired) electrons. The number of thioether (sulfide) groups is 1. The van der Waals surface area contributed by atoms with Crippen LogP contribution < -0.4 is 0 Å². The molecule has 2 aromatic rings. The molecule has 5 heteroatoms. The lowest BCUT2D eigenvalue weighted by atomic mass is 9.97. The van der Waals surface area contributed by atoms with Crippen LogP contribution in [0.15, 0.2) is 16.5 Å². The van der Waals surface area contributed by atoms with E-state index < -0.39 is 0 Å². The molecule has 0 aliphatic rings. The number of aromatic nitrogens is 2. The average molecular weight is 306 g/mol. The fraction of sp³-hybridized carbons (Fsp3) is 0.400. The summed E-state index contributed by atoms with van der Waals surface area (Å²) in [7, 11) is 0. The molecular formula is C15H18N2OS2. The van der Waals surface area contributed by atoms with E-state index in [1.54, 1.807) is 0 Å². The highest BCUT2D eigenvalue weighted by Gasteiger charge is 2.20. The molecule has 1 atom stereocenters. The predicted octanol–water partition coefficient (Wildman–Crippen LogP) is 4.14. The van der Waals surface area contributed by atoms with Gasteiger partial charge in [0.2, 0.25) is 0 Å². The van der Waals surface area contributed by atoms with Crippen LogP contribution >= 0.6 is 23.1 Å². The maximum atomic E-state index is 12.6. The van der Waals surface area contributed by atoms with Crippen LogP contribution in [-0.4, -0.2) is 21.2 Å². The van der Waals surface area contributed by atoms with Crippen molar-refractivity contribution in [2.75, 3.05) is 0 Å². The van der Waals surface area contributed by atoms with Crippen molar-refractivity contribution in [3.63, 3.8) is 0 Å². The third-order valence-corrected chi connectivity index (χ3v) is 5.28. The van der Waals surface area contributed by atoms with E-state index in [2.05, 4.69) is 23.2 Å². The Morgan fingerprint density at radius 3 is 2.35 bits per heavy atom. The summed E-state index contributed by atoms with van der Waals surface area (Å²) in [5.74, 6) is 0.156. The summed E-state index contributed by atoms with van der Waals surface area (Å²) in [6.07, 6.45) is 0. The number of carbonyl (C=O) groups excluding carboxylic acids is 1. The summed E-state index contributed by atoms with van der Waals surface area (Å²) < 4.78 is 0.852. The molecule has 1 aromatic carbocycles. The minimum Gasteiger partial charge on any atom is -0.293 e. The highest BCUT2D eigenvalue weighted by molar-refractivity contribution is 8.02. The zero-order valence-corrected chi connectivity index (χ0v) is 14.0. The Balaban J connectivity index is 2.20. The highest BCUT2D eigenvalue weighted by atomic mass is 32.2. The Morgan fingerprint density at radius 1 is 1.10 bits per heavy atom. The summed E-state index contributed by atoms with van der Waals surface area (Å²) in [6.45, 7) is 9.95. The Bertz CT molecular complexity index is 649. The third kappa shape index (κ3) is 3.27. The van der Waals surface area contributed by atoms with Gasteiger partial charge < -0.3 is 0 Å². The molecule has 0 fully saturated rings. The van der Waals surface area contributed by atoms with Crippen molar-refractivity contribution in [1.82, 2.24) is 10.2 Å². The monoisotopic (exact) mass is 306 g/mol. The molecule has 0 bridgehead atoms. The molecule has 0 saturated heterocycles. The molecule has 0 amide bonds. The second kappa shape index (κ2) is 6.06. The van der Waals surface area contributed by atoms with E-state index in [9.17, 15) is 4.79 Å². The SMILES string of the molecule is Cc1nnc(SC(C)C(=O)c2cc(C)c(C)cc2C)s1. The first-order valence-electron chi connectivity index (χ1n) is 6.47. The fourth-order valence-corrected chi connectivity index (χ4v) is 4.00. The van der Waals surface area contributed by atoms with Gasteiger partial charge in [-0.3, -0.25) is 4.79 Å². The number of Topliss-reactive ketones (excluding diaryl/α,β-unsaturated/α-hetero) is 1. The quantitative estimate of drug-likeness (QED) is 0.629. The van der Waals surface area contributed by atoms with Crippen molar-refractivity contribution in [3.8, 4) is 0 Å². The van der Waals surface area contributed by atoms with E-state index in [1.807, 2.05) is 33.8 Å². The standard InChI is InChI=1S/C15H18N2OS2/c1-8-6-10(3)13(7-9(8)2)14(18)11(4)19-15-17-16-12(5)20-15/h6-7,11H,1-5H3. The van der Waals surface area contributed by atoms with Gasteiger partial charge in [-0.2, -0.15) is 0 Å². The van der Waals surface area contributed by atoms with Gasteiger partial charge in [-0.1, -0.05) is 29.2 Å². The first-order chi connectivity index (χ1) is 9.38. The number of hydrogen-bond acceptors (Lipinski definition) is 5. The summed E-state index contributed by atoms with van der Waals surface area (Å²) in [4.78, 5) is 12.6. The van der Waals surface area contributed by atoms with Crippen LogP contribution in [0.5, 0.6) is 0 Å². The number of carbonyl (C=O) groups is 1. The Labute approximate surface area is 127 Å². The van der Waals surface area contributed by atoms with Gasteiger partial charge in [0.05, 0.1) is 5.25 Å². The van der Waals surface area contributed by atoms with E-state index in [0.717, 1.165) is 26.0 Å². The van der Waals surface area contributed by atoms with Crippen LogP contribution in [0.1, 0.15) is 39.0 Å². The van der Waals surface area contributed by atoms with Crippen molar-refractivity contribution in [2.45, 2.75) is 44.2 Å². The minimum atomic E-state index is -0.150. The van der Waals surface area contributed by atoms with E-state index >= 15 is 0 Å². The molecule has 0 aliphatic heterocycles. The van der Waals surface area contributed by atoms with Gasteiger partial charge >= 0.3 is 0 Å². The summed E-state index contributed by atoms with van der Waals surface area (Å²) in [6, 6.07) is 4.07. The van der Waals surface area contributed by atoms with Gasteiger partial charge in [-0.15, -0.1) is 10.2 Å². The molecule has 1 heterocycles. The smallest absolute Gasteiger partial charge is 0.176 e. The first kappa shape index (κ1) is 15.2. The highest BCUT2D eigenvalue weighted by Crippen LogP contribution is 2.29. The minimum absolute atomic E-state index is 0.150. The van der Waals surface area contributed by atoms with Crippen molar-refractivity contribution in [2.24, 2.45) is 0 Å². The van der Waals surface area contributed by atoms with E-state index in [0.29, 0.717) is 0 Å². The average Bonchev–Trinajstić information content (AvgIpc) is 2.78. The normalized spacial score (nSPS) is 12.4. The van der Waals surface area contributed by atoms with Gasteiger partial charge in [-0.05, 0) is 57.4 Å². The number of aryl methyl sites for hydroxylation is 4. The number of hydrogen-bond donors (Lipinski definition) is 0. The lowest BCUT2D eigenvalue weighted by Gasteiger charge is -2.12. The van der Waals surface area contributed by atoms with Gasteiger partial charge in [0.15, 0.2) is 10.1 Å². The van der Waals surface area contributed by atoms with Gasteiger partial charge in [0.1, 0.15) is 5.01 Å². The Kier molecular flexibility index (Phi) is 4.60.